The van der Waals surface area contributed by atoms with Gasteiger partial charge in [0.1, 0.15) is 17.3 Å². The number of hydrogen-bond donors (Lipinski definition) is 2. The van der Waals surface area contributed by atoms with Crippen LogP contribution >= 0.6 is 0 Å². The number of nitrogens with one attached hydrogen (secondary N) is 2. The van der Waals surface area contributed by atoms with Crippen LogP contribution in [0, 0.1) is 20.8 Å². The third-order valence-electron chi connectivity index (χ3n) is 3.87. The van der Waals surface area contributed by atoms with Crippen LogP contribution in [-0.4, -0.2) is 15.9 Å². The molecule has 0 aliphatic heterocycles. The minimum atomic E-state index is -0.257. The normalized spacial score (nSPS) is 10.4. The highest BCUT2D eigenvalue weighted by Gasteiger charge is 2.12. The Morgan fingerprint density at radius 1 is 0.840 bits per heavy atom. The summed E-state index contributed by atoms with van der Waals surface area (Å²) in [6.07, 6.45) is 0. The van der Waals surface area contributed by atoms with Gasteiger partial charge >= 0.3 is 0 Å². The fourth-order valence-electron chi connectivity index (χ4n) is 2.50. The van der Waals surface area contributed by atoms with E-state index in [0.29, 0.717) is 17.3 Å². The number of para-hydroxylation sites is 2. The van der Waals surface area contributed by atoms with Gasteiger partial charge in [0.15, 0.2) is 0 Å². The number of carbonyl (C=O) groups is 1. The molecule has 5 nitrogen and oxygen atoms in total. The number of rotatable bonds is 4. The maximum absolute atomic E-state index is 12.6. The molecule has 0 atom stereocenters. The van der Waals surface area contributed by atoms with E-state index >= 15 is 0 Å². The van der Waals surface area contributed by atoms with E-state index in [9.17, 15) is 4.79 Å². The van der Waals surface area contributed by atoms with Crippen LogP contribution in [0.2, 0.25) is 0 Å². The number of amides is 1. The molecule has 0 saturated carbocycles. The Bertz CT molecular complexity index is 921. The van der Waals surface area contributed by atoms with E-state index in [1.54, 1.807) is 13.0 Å². The minimum Gasteiger partial charge on any atom is -0.340 e. The lowest BCUT2D eigenvalue weighted by atomic mass is 10.2. The van der Waals surface area contributed by atoms with Crippen LogP contribution in [-0.2, 0) is 0 Å². The molecule has 0 saturated heterocycles. The van der Waals surface area contributed by atoms with Gasteiger partial charge < -0.3 is 10.6 Å². The zero-order valence-electron chi connectivity index (χ0n) is 14.5. The van der Waals surface area contributed by atoms with Gasteiger partial charge in [0, 0.05) is 17.4 Å². The van der Waals surface area contributed by atoms with E-state index in [2.05, 4.69) is 20.6 Å². The van der Waals surface area contributed by atoms with Crippen molar-refractivity contribution in [3.05, 3.63) is 77.2 Å². The molecule has 2 N–H and O–H groups in total. The second-order valence-corrected chi connectivity index (χ2v) is 5.89. The lowest BCUT2D eigenvalue weighted by Gasteiger charge is -2.11. The van der Waals surface area contributed by atoms with Crippen LogP contribution in [0.15, 0.2) is 54.6 Å². The Hall–Kier alpha value is -3.21. The van der Waals surface area contributed by atoms with Crippen LogP contribution in [0.3, 0.4) is 0 Å². The number of carbonyl (C=O) groups excluding carboxylic acids is 1. The average molecular weight is 332 g/mol. The molecule has 0 bridgehead atoms. The number of anilines is 3. The molecular weight excluding hydrogens is 312 g/mol. The highest BCUT2D eigenvalue weighted by atomic mass is 16.1. The molecule has 3 aromatic rings. The van der Waals surface area contributed by atoms with Gasteiger partial charge in [0.05, 0.1) is 0 Å². The second-order valence-electron chi connectivity index (χ2n) is 5.89. The van der Waals surface area contributed by atoms with Gasteiger partial charge in [-0.1, -0.05) is 36.4 Å². The number of benzene rings is 2. The summed E-state index contributed by atoms with van der Waals surface area (Å²) < 4.78 is 0. The second kappa shape index (κ2) is 7.13. The third-order valence-corrected chi connectivity index (χ3v) is 3.87. The summed E-state index contributed by atoms with van der Waals surface area (Å²) in [6.45, 7) is 5.74. The molecule has 0 unspecified atom stereocenters. The third kappa shape index (κ3) is 4.01. The molecule has 0 spiro atoms. The van der Waals surface area contributed by atoms with Gasteiger partial charge in [-0.3, -0.25) is 4.79 Å². The number of nitrogens with zero attached hydrogens (tertiary/aromatic N) is 2. The standard InChI is InChI=1S/C20H20N4O/c1-13-8-4-6-10-16(13)23-19-12-18(21-15(3)22-19)20(25)24-17-11-7-5-9-14(17)2/h4-12H,1-3H3,(H,24,25)(H,21,22,23). The van der Waals surface area contributed by atoms with Crippen molar-refractivity contribution < 1.29 is 4.79 Å². The van der Waals surface area contributed by atoms with Crippen molar-refractivity contribution in [2.75, 3.05) is 10.6 Å². The Labute approximate surface area is 147 Å². The monoisotopic (exact) mass is 332 g/mol. The molecular formula is C20H20N4O. The van der Waals surface area contributed by atoms with Crippen molar-refractivity contribution in [1.82, 2.24) is 9.97 Å². The van der Waals surface area contributed by atoms with Gasteiger partial charge in [-0.2, -0.15) is 0 Å². The molecule has 25 heavy (non-hydrogen) atoms. The van der Waals surface area contributed by atoms with Crippen molar-refractivity contribution in [2.24, 2.45) is 0 Å². The minimum absolute atomic E-state index is 0.257. The maximum atomic E-state index is 12.6. The zero-order chi connectivity index (χ0) is 17.8. The molecule has 1 amide bonds. The smallest absolute Gasteiger partial charge is 0.274 e. The molecule has 0 radical (unpaired) electrons. The van der Waals surface area contributed by atoms with Crippen LogP contribution in [0.5, 0.6) is 0 Å². The quantitative estimate of drug-likeness (QED) is 0.743. The first-order chi connectivity index (χ1) is 12.0. The van der Waals surface area contributed by atoms with Crippen LogP contribution < -0.4 is 10.6 Å². The fraction of sp³-hybridized carbons (Fsp3) is 0.150. The lowest BCUT2D eigenvalue weighted by molar-refractivity contribution is 0.102. The summed E-state index contributed by atoms with van der Waals surface area (Å²) in [5, 5.41) is 6.15. The van der Waals surface area contributed by atoms with Crippen molar-refractivity contribution in [3.8, 4) is 0 Å². The number of aryl methyl sites for hydroxylation is 3. The van der Waals surface area contributed by atoms with Crippen molar-refractivity contribution in [2.45, 2.75) is 20.8 Å². The molecule has 5 heteroatoms. The first-order valence-corrected chi connectivity index (χ1v) is 8.08. The zero-order valence-corrected chi connectivity index (χ0v) is 14.5. The highest BCUT2D eigenvalue weighted by Crippen LogP contribution is 2.20. The Balaban J connectivity index is 1.85. The summed E-state index contributed by atoms with van der Waals surface area (Å²) >= 11 is 0. The maximum Gasteiger partial charge on any atom is 0.274 e. The SMILES string of the molecule is Cc1nc(Nc2ccccc2C)cc(C(=O)Nc2ccccc2C)n1. The van der Waals surface area contributed by atoms with Crippen molar-refractivity contribution in [1.29, 1.82) is 0 Å². The summed E-state index contributed by atoms with van der Waals surface area (Å²) in [5.74, 6) is 0.873. The molecule has 2 aromatic carbocycles. The largest absolute Gasteiger partial charge is 0.340 e. The highest BCUT2D eigenvalue weighted by molar-refractivity contribution is 6.03. The molecule has 0 aliphatic rings. The molecule has 1 aromatic heterocycles. The Morgan fingerprint density at radius 3 is 2.08 bits per heavy atom. The van der Waals surface area contributed by atoms with Gasteiger partial charge in [0.25, 0.3) is 5.91 Å². The van der Waals surface area contributed by atoms with E-state index in [1.807, 2.05) is 62.4 Å². The Kier molecular flexibility index (Phi) is 4.75. The van der Waals surface area contributed by atoms with Gasteiger partial charge in [-0.15, -0.1) is 0 Å². The van der Waals surface area contributed by atoms with E-state index in [1.165, 1.54) is 0 Å². The molecule has 126 valence electrons. The topological polar surface area (TPSA) is 66.9 Å². The molecule has 1 heterocycles. The van der Waals surface area contributed by atoms with Crippen molar-refractivity contribution in [3.63, 3.8) is 0 Å². The summed E-state index contributed by atoms with van der Waals surface area (Å²) in [4.78, 5) is 21.2. The predicted octanol–water partition coefficient (Wildman–Crippen LogP) is 4.40. The van der Waals surface area contributed by atoms with Crippen molar-refractivity contribution >= 4 is 23.1 Å². The van der Waals surface area contributed by atoms with E-state index in [-0.39, 0.29) is 5.91 Å². The number of aromatic nitrogens is 2. The summed E-state index contributed by atoms with van der Waals surface area (Å²) in [6, 6.07) is 17.2. The lowest BCUT2D eigenvalue weighted by Crippen LogP contribution is -2.16. The summed E-state index contributed by atoms with van der Waals surface area (Å²) in [5.41, 5.74) is 4.15. The Morgan fingerprint density at radius 2 is 1.44 bits per heavy atom. The average Bonchev–Trinajstić information content (AvgIpc) is 2.58. The van der Waals surface area contributed by atoms with E-state index in [4.69, 9.17) is 0 Å². The molecule has 0 aliphatic carbocycles. The predicted molar refractivity (Wildman–Crippen MR) is 100 cm³/mol. The van der Waals surface area contributed by atoms with Gasteiger partial charge in [0.2, 0.25) is 0 Å². The molecule has 0 fully saturated rings. The first kappa shape index (κ1) is 16.6. The first-order valence-electron chi connectivity index (χ1n) is 8.08. The van der Waals surface area contributed by atoms with Crippen LogP contribution in [0.4, 0.5) is 17.2 Å². The van der Waals surface area contributed by atoms with Gasteiger partial charge in [-0.05, 0) is 44.0 Å². The fourth-order valence-corrected chi connectivity index (χ4v) is 2.50. The number of hydrogen-bond acceptors (Lipinski definition) is 4. The van der Waals surface area contributed by atoms with E-state index < -0.39 is 0 Å². The summed E-state index contributed by atoms with van der Waals surface area (Å²) in [7, 11) is 0. The van der Waals surface area contributed by atoms with E-state index in [0.717, 1.165) is 22.5 Å². The molecule has 3 rings (SSSR count). The van der Waals surface area contributed by atoms with Gasteiger partial charge in [-0.25, -0.2) is 9.97 Å². The van der Waals surface area contributed by atoms with Crippen LogP contribution in [0.1, 0.15) is 27.4 Å². The van der Waals surface area contributed by atoms with Crippen LogP contribution in [0.25, 0.3) is 0 Å².